The number of hydrogen-bond donors (Lipinski definition) is 2. The Morgan fingerprint density at radius 3 is 2.68 bits per heavy atom. The lowest BCUT2D eigenvalue weighted by atomic mass is 9.79. The number of benzene rings is 1. The van der Waals surface area contributed by atoms with Gasteiger partial charge in [-0.3, -0.25) is 4.79 Å². The molecule has 0 aliphatic carbocycles. The van der Waals surface area contributed by atoms with Crippen molar-refractivity contribution in [2.75, 3.05) is 0 Å². The summed E-state index contributed by atoms with van der Waals surface area (Å²) in [5.41, 5.74) is 0.441. The number of H-pyrrole nitrogens is 1. The number of hydrogen-bond acceptors (Lipinski definition) is 2. The van der Waals surface area contributed by atoms with E-state index in [-0.39, 0.29) is 5.82 Å². The molecule has 19 heavy (non-hydrogen) atoms. The second-order valence-corrected chi connectivity index (χ2v) is 4.81. The number of aromatic nitrogens is 2. The Kier molecular flexibility index (Phi) is 3.55. The molecular weight excluding hydrogens is 247 g/mol. The van der Waals surface area contributed by atoms with Gasteiger partial charge in [0.2, 0.25) is 0 Å². The number of carbonyl (C=O) groups is 1. The minimum Gasteiger partial charge on any atom is -0.481 e. The van der Waals surface area contributed by atoms with Crippen LogP contribution in [-0.2, 0) is 11.2 Å². The Bertz CT molecular complexity index is 603. The molecule has 1 heterocycles. The molecule has 0 fully saturated rings. The predicted molar refractivity (Wildman–Crippen MR) is 70.4 cm³/mol. The summed E-state index contributed by atoms with van der Waals surface area (Å²) in [6.07, 6.45) is 1.39. The van der Waals surface area contributed by atoms with Gasteiger partial charge in [0.25, 0.3) is 0 Å². The van der Waals surface area contributed by atoms with Gasteiger partial charge in [0.1, 0.15) is 11.6 Å². The van der Waals surface area contributed by atoms with Crippen molar-refractivity contribution in [3.8, 4) is 0 Å². The number of carboxylic acid groups (broad SMARTS) is 1. The van der Waals surface area contributed by atoms with Crippen LogP contribution in [0, 0.1) is 11.2 Å². The molecule has 0 saturated heterocycles. The van der Waals surface area contributed by atoms with E-state index in [1.165, 1.54) is 12.1 Å². The van der Waals surface area contributed by atoms with Crippen LogP contribution in [0.1, 0.15) is 32.5 Å². The molecule has 0 atom stereocenters. The van der Waals surface area contributed by atoms with Gasteiger partial charge in [-0.05, 0) is 31.0 Å². The molecule has 0 aliphatic rings. The van der Waals surface area contributed by atoms with E-state index in [1.807, 2.05) is 13.8 Å². The maximum atomic E-state index is 13.1. The number of nitrogens with zero attached hydrogens (tertiary/aromatic N) is 1. The molecule has 0 saturated carbocycles. The summed E-state index contributed by atoms with van der Waals surface area (Å²) in [6.45, 7) is 3.72. The molecule has 2 aromatic rings. The highest BCUT2D eigenvalue weighted by Crippen LogP contribution is 2.31. The van der Waals surface area contributed by atoms with Gasteiger partial charge in [0, 0.05) is 6.42 Å². The fraction of sp³-hybridized carbons (Fsp3) is 0.429. The third-order valence-electron chi connectivity index (χ3n) is 3.81. The highest BCUT2D eigenvalue weighted by atomic mass is 19.1. The molecule has 0 amide bonds. The van der Waals surface area contributed by atoms with Crippen molar-refractivity contribution < 1.29 is 14.3 Å². The molecule has 4 nitrogen and oxygen atoms in total. The number of rotatable bonds is 5. The fourth-order valence-electron chi connectivity index (χ4n) is 2.32. The normalized spacial score (nSPS) is 11.9. The molecule has 0 radical (unpaired) electrons. The maximum absolute atomic E-state index is 13.1. The maximum Gasteiger partial charge on any atom is 0.310 e. The molecule has 2 N–H and O–H groups in total. The van der Waals surface area contributed by atoms with Crippen LogP contribution in [0.25, 0.3) is 11.0 Å². The minimum absolute atomic E-state index is 0.325. The Labute approximate surface area is 110 Å². The van der Waals surface area contributed by atoms with E-state index in [4.69, 9.17) is 0 Å². The largest absolute Gasteiger partial charge is 0.481 e. The molecule has 1 aromatic heterocycles. The first-order valence-electron chi connectivity index (χ1n) is 6.38. The van der Waals surface area contributed by atoms with Gasteiger partial charge >= 0.3 is 5.97 Å². The van der Waals surface area contributed by atoms with E-state index < -0.39 is 11.4 Å². The summed E-state index contributed by atoms with van der Waals surface area (Å²) < 4.78 is 13.1. The van der Waals surface area contributed by atoms with Crippen molar-refractivity contribution in [2.45, 2.75) is 33.1 Å². The van der Waals surface area contributed by atoms with E-state index in [2.05, 4.69) is 9.97 Å². The van der Waals surface area contributed by atoms with Gasteiger partial charge in [0.05, 0.1) is 16.4 Å². The third-order valence-corrected chi connectivity index (χ3v) is 3.81. The topological polar surface area (TPSA) is 66.0 Å². The summed E-state index contributed by atoms with van der Waals surface area (Å²) >= 11 is 0. The number of imidazole rings is 1. The Morgan fingerprint density at radius 1 is 1.42 bits per heavy atom. The zero-order valence-corrected chi connectivity index (χ0v) is 11.0. The first-order valence-corrected chi connectivity index (χ1v) is 6.38. The number of halogens is 1. The van der Waals surface area contributed by atoms with Crippen molar-refractivity contribution in [3.05, 3.63) is 29.8 Å². The van der Waals surface area contributed by atoms with Crippen LogP contribution in [-0.4, -0.2) is 21.0 Å². The van der Waals surface area contributed by atoms with E-state index >= 15 is 0 Å². The first-order chi connectivity index (χ1) is 9.00. The fourth-order valence-corrected chi connectivity index (χ4v) is 2.32. The second-order valence-electron chi connectivity index (χ2n) is 4.81. The average Bonchev–Trinajstić information content (AvgIpc) is 2.77. The first kappa shape index (κ1) is 13.5. The molecule has 0 unspecified atom stereocenters. The Hall–Kier alpha value is -1.91. The highest BCUT2D eigenvalue weighted by molar-refractivity contribution is 5.77. The number of nitrogens with one attached hydrogen (secondary N) is 1. The second kappa shape index (κ2) is 4.99. The quantitative estimate of drug-likeness (QED) is 0.871. The van der Waals surface area contributed by atoms with Gasteiger partial charge in [-0.25, -0.2) is 9.37 Å². The highest BCUT2D eigenvalue weighted by Gasteiger charge is 2.35. The summed E-state index contributed by atoms with van der Waals surface area (Å²) in [5.74, 6) is -0.561. The summed E-state index contributed by atoms with van der Waals surface area (Å²) in [4.78, 5) is 18.8. The van der Waals surface area contributed by atoms with Crippen LogP contribution in [0.2, 0.25) is 0 Å². The Balaban J connectivity index is 2.36. The predicted octanol–water partition coefficient (Wildman–Crippen LogP) is 3.14. The SMILES string of the molecule is CCC(CC)(Cc1nc2ccc(F)cc2[nH]1)C(=O)O. The molecule has 0 spiro atoms. The van der Waals surface area contributed by atoms with Crippen molar-refractivity contribution in [1.82, 2.24) is 9.97 Å². The average molecular weight is 264 g/mol. The van der Waals surface area contributed by atoms with Gasteiger partial charge in [0.15, 0.2) is 0 Å². The van der Waals surface area contributed by atoms with E-state index in [0.29, 0.717) is 36.1 Å². The number of carboxylic acids is 1. The van der Waals surface area contributed by atoms with Crippen molar-refractivity contribution in [3.63, 3.8) is 0 Å². The van der Waals surface area contributed by atoms with Gasteiger partial charge in [-0.1, -0.05) is 13.8 Å². The number of aromatic amines is 1. The van der Waals surface area contributed by atoms with Crippen LogP contribution >= 0.6 is 0 Å². The molecule has 2 rings (SSSR count). The summed E-state index contributed by atoms with van der Waals surface area (Å²) in [5, 5.41) is 9.40. The van der Waals surface area contributed by atoms with Crippen molar-refractivity contribution >= 4 is 17.0 Å². The zero-order valence-electron chi connectivity index (χ0n) is 11.0. The lowest BCUT2D eigenvalue weighted by Crippen LogP contribution is -2.32. The van der Waals surface area contributed by atoms with Crippen LogP contribution in [0.3, 0.4) is 0 Å². The van der Waals surface area contributed by atoms with Gasteiger partial charge < -0.3 is 10.1 Å². The standard InChI is InChI=1S/C14H17FN2O2/c1-3-14(4-2,13(18)19)8-12-16-10-6-5-9(15)7-11(10)17-12/h5-7H,3-4,8H2,1-2H3,(H,16,17)(H,18,19). The van der Waals surface area contributed by atoms with Crippen molar-refractivity contribution in [1.29, 1.82) is 0 Å². The number of aliphatic carboxylic acids is 1. The van der Waals surface area contributed by atoms with E-state index in [0.717, 1.165) is 0 Å². The van der Waals surface area contributed by atoms with E-state index in [9.17, 15) is 14.3 Å². The molecule has 1 aromatic carbocycles. The molecule has 5 heteroatoms. The van der Waals surface area contributed by atoms with Crippen LogP contribution < -0.4 is 0 Å². The smallest absolute Gasteiger partial charge is 0.310 e. The molecule has 0 aliphatic heterocycles. The lowest BCUT2D eigenvalue weighted by molar-refractivity contribution is -0.149. The van der Waals surface area contributed by atoms with E-state index in [1.54, 1.807) is 6.07 Å². The van der Waals surface area contributed by atoms with Crippen molar-refractivity contribution in [2.24, 2.45) is 5.41 Å². The van der Waals surface area contributed by atoms with Crippen LogP contribution in [0.15, 0.2) is 18.2 Å². The van der Waals surface area contributed by atoms with Gasteiger partial charge in [-0.15, -0.1) is 0 Å². The third kappa shape index (κ3) is 2.45. The molecule has 0 bridgehead atoms. The molecule has 102 valence electrons. The summed E-state index contributed by atoms with van der Waals surface area (Å²) in [7, 11) is 0. The van der Waals surface area contributed by atoms with Crippen LogP contribution in [0.4, 0.5) is 4.39 Å². The summed E-state index contributed by atoms with van der Waals surface area (Å²) in [6, 6.07) is 4.30. The zero-order chi connectivity index (χ0) is 14.0. The van der Waals surface area contributed by atoms with Crippen LogP contribution in [0.5, 0.6) is 0 Å². The lowest BCUT2D eigenvalue weighted by Gasteiger charge is -2.25. The van der Waals surface area contributed by atoms with Gasteiger partial charge in [-0.2, -0.15) is 0 Å². The Morgan fingerprint density at radius 2 is 2.11 bits per heavy atom. The molecular formula is C14H17FN2O2. The number of fused-ring (bicyclic) bond motifs is 1. The monoisotopic (exact) mass is 264 g/mol. The minimum atomic E-state index is -0.816.